The first-order chi connectivity index (χ1) is 11.7. The van der Waals surface area contributed by atoms with Crippen LogP contribution in [0.15, 0.2) is 36.7 Å². The number of ether oxygens (including phenoxy) is 1. The van der Waals surface area contributed by atoms with Crippen molar-refractivity contribution in [3.05, 3.63) is 42.2 Å². The SMILES string of the molecule is O=C(Nc1ccc(C(=O)OCC2CCCN2)cc1)Nc1cn[nH]c1. The smallest absolute Gasteiger partial charge is 0.338 e. The van der Waals surface area contributed by atoms with E-state index in [-0.39, 0.29) is 18.0 Å². The third-order valence-electron chi connectivity index (χ3n) is 3.71. The first-order valence-electron chi connectivity index (χ1n) is 7.78. The molecule has 0 bridgehead atoms. The number of esters is 1. The molecule has 1 aromatic heterocycles. The van der Waals surface area contributed by atoms with Gasteiger partial charge in [0, 0.05) is 17.9 Å². The van der Waals surface area contributed by atoms with Crippen LogP contribution in [0.3, 0.4) is 0 Å². The second kappa shape index (κ2) is 7.60. The fourth-order valence-electron chi connectivity index (χ4n) is 2.46. The maximum Gasteiger partial charge on any atom is 0.338 e. The number of hydrogen-bond donors (Lipinski definition) is 4. The largest absolute Gasteiger partial charge is 0.460 e. The Bertz CT molecular complexity index is 678. The zero-order valence-corrected chi connectivity index (χ0v) is 13.0. The Labute approximate surface area is 139 Å². The number of anilines is 2. The van der Waals surface area contributed by atoms with Crippen LogP contribution in [0.2, 0.25) is 0 Å². The van der Waals surface area contributed by atoms with Crippen molar-refractivity contribution in [1.82, 2.24) is 15.5 Å². The molecule has 126 valence electrons. The molecule has 4 N–H and O–H groups in total. The number of aromatic amines is 1. The Morgan fingerprint density at radius 2 is 2.00 bits per heavy atom. The topological polar surface area (TPSA) is 108 Å². The van der Waals surface area contributed by atoms with Gasteiger partial charge in [0.15, 0.2) is 0 Å². The minimum atomic E-state index is -0.390. The van der Waals surface area contributed by atoms with E-state index in [0.29, 0.717) is 23.5 Å². The molecule has 1 aromatic carbocycles. The fourth-order valence-corrected chi connectivity index (χ4v) is 2.46. The summed E-state index contributed by atoms with van der Waals surface area (Å²) in [6.07, 6.45) is 5.21. The van der Waals surface area contributed by atoms with Gasteiger partial charge >= 0.3 is 12.0 Å². The lowest BCUT2D eigenvalue weighted by atomic mass is 10.2. The third-order valence-corrected chi connectivity index (χ3v) is 3.71. The Balaban J connectivity index is 1.48. The van der Waals surface area contributed by atoms with Crippen molar-refractivity contribution in [2.75, 3.05) is 23.8 Å². The number of urea groups is 1. The molecule has 1 aliphatic heterocycles. The zero-order valence-electron chi connectivity index (χ0n) is 13.0. The minimum absolute atomic E-state index is 0.251. The number of amides is 2. The molecular formula is C16H19N5O3. The van der Waals surface area contributed by atoms with E-state index in [1.165, 1.54) is 6.20 Å². The monoisotopic (exact) mass is 329 g/mol. The van der Waals surface area contributed by atoms with E-state index in [9.17, 15) is 9.59 Å². The number of carbonyl (C=O) groups excluding carboxylic acids is 2. The number of hydrogen-bond acceptors (Lipinski definition) is 5. The third kappa shape index (κ3) is 4.32. The van der Waals surface area contributed by atoms with Gasteiger partial charge in [-0.1, -0.05) is 0 Å². The molecule has 2 aromatic rings. The van der Waals surface area contributed by atoms with Crippen molar-refractivity contribution < 1.29 is 14.3 Å². The Kier molecular flexibility index (Phi) is 5.07. The summed E-state index contributed by atoms with van der Waals surface area (Å²) in [5.41, 5.74) is 1.59. The fraction of sp³-hybridized carbons (Fsp3) is 0.312. The molecule has 1 atom stereocenters. The molecule has 8 heteroatoms. The highest BCUT2D eigenvalue weighted by Crippen LogP contribution is 2.12. The van der Waals surface area contributed by atoms with Gasteiger partial charge in [0.05, 0.1) is 17.4 Å². The van der Waals surface area contributed by atoms with Crippen LogP contribution in [-0.4, -0.2) is 41.4 Å². The molecule has 24 heavy (non-hydrogen) atoms. The van der Waals surface area contributed by atoms with E-state index in [1.807, 2.05) is 0 Å². The molecule has 2 heterocycles. The van der Waals surface area contributed by atoms with Gasteiger partial charge in [0.2, 0.25) is 0 Å². The average Bonchev–Trinajstić information content (AvgIpc) is 3.27. The molecule has 0 saturated carbocycles. The summed E-state index contributed by atoms with van der Waals surface area (Å²) < 4.78 is 5.29. The Morgan fingerprint density at radius 1 is 1.21 bits per heavy atom. The highest BCUT2D eigenvalue weighted by molar-refractivity contribution is 6.00. The number of nitrogens with one attached hydrogen (secondary N) is 4. The van der Waals surface area contributed by atoms with Gasteiger partial charge in [0.25, 0.3) is 0 Å². The van der Waals surface area contributed by atoms with Crippen molar-refractivity contribution in [3.63, 3.8) is 0 Å². The van der Waals surface area contributed by atoms with Gasteiger partial charge in [-0.3, -0.25) is 5.10 Å². The zero-order chi connectivity index (χ0) is 16.8. The quantitative estimate of drug-likeness (QED) is 0.627. The second-order valence-electron chi connectivity index (χ2n) is 5.54. The lowest BCUT2D eigenvalue weighted by molar-refractivity contribution is 0.0473. The van der Waals surface area contributed by atoms with Crippen LogP contribution in [0, 0.1) is 0 Å². The Hall–Kier alpha value is -2.87. The first kappa shape index (κ1) is 16.0. The van der Waals surface area contributed by atoms with Crippen LogP contribution < -0.4 is 16.0 Å². The first-order valence-corrected chi connectivity index (χ1v) is 7.78. The average molecular weight is 329 g/mol. The van der Waals surface area contributed by atoms with Crippen molar-refractivity contribution in [2.45, 2.75) is 18.9 Å². The summed E-state index contributed by atoms with van der Waals surface area (Å²) in [5.74, 6) is -0.363. The lowest BCUT2D eigenvalue weighted by Gasteiger charge is -2.11. The van der Waals surface area contributed by atoms with Crippen LogP contribution in [0.25, 0.3) is 0 Å². The van der Waals surface area contributed by atoms with Crippen LogP contribution in [0.1, 0.15) is 23.2 Å². The normalized spacial score (nSPS) is 16.6. The summed E-state index contributed by atoms with van der Waals surface area (Å²) in [4.78, 5) is 23.8. The number of aromatic nitrogens is 2. The molecule has 0 spiro atoms. The van der Waals surface area contributed by atoms with Gasteiger partial charge in [-0.25, -0.2) is 9.59 Å². The van der Waals surface area contributed by atoms with Gasteiger partial charge in [-0.15, -0.1) is 0 Å². The number of carbonyl (C=O) groups is 2. The van der Waals surface area contributed by atoms with E-state index in [1.54, 1.807) is 30.5 Å². The molecule has 1 saturated heterocycles. The number of benzene rings is 1. The number of rotatable bonds is 5. The van der Waals surface area contributed by atoms with Crippen molar-refractivity contribution in [3.8, 4) is 0 Å². The summed E-state index contributed by atoms with van der Waals surface area (Å²) in [7, 11) is 0. The van der Waals surface area contributed by atoms with E-state index in [0.717, 1.165) is 19.4 Å². The van der Waals surface area contributed by atoms with Crippen molar-refractivity contribution in [1.29, 1.82) is 0 Å². The van der Waals surface area contributed by atoms with Gasteiger partial charge in [-0.2, -0.15) is 5.10 Å². The summed E-state index contributed by atoms with van der Waals surface area (Å²) in [6, 6.07) is 6.41. The van der Waals surface area contributed by atoms with Crippen molar-refractivity contribution >= 4 is 23.4 Å². The molecule has 2 amide bonds. The van der Waals surface area contributed by atoms with Crippen LogP contribution in [0.5, 0.6) is 0 Å². The highest BCUT2D eigenvalue weighted by Gasteiger charge is 2.16. The van der Waals surface area contributed by atoms with E-state index in [4.69, 9.17) is 4.74 Å². The lowest BCUT2D eigenvalue weighted by Crippen LogP contribution is -2.28. The maximum absolute atomic E-state index is 12.0. The predicted octanol–water partition coefficient (Wildman–Crippen LogP) is 1.96. The van der Waals surface area contributed by atoms with Gasteiger partial charge in [0.1, 0.15) is 6.61 Å². The molecule has 1 fully saturated rings. The van der Waals surface area contributed by atoms with Gasteiger partial charge in [-0.05, 0) is 43.7 Å². The van der Waals surface area contributed by atoms with Gasteiger partial charge < -0.3 is 20.7 Å². The molecule has 1 aliphatic rings. The summed E-state index contributed by atoms with van der Waals surface area (Å²) in [5, 5.41) is 14.9. The van der Waals surface area contributed by atoms with Crippen LogP contribution in [-0.2, 0) is 4.74 Å². The van der Waals surface area contributed by atoms with Crippen molar-refractivity contribution in [2.24, 2.45) is 0 Å². The Morgan fingerprint density at radius 3 is 2.67 bits per heavy atom. The number of nitrogens with zero attached hydrogens (tertiary/aromatic N) is 1. The molecule has 3 rings (SSSR count). The second-order valence-corrected chi connectivity index (χ2v) is 5.54. The standard InChI is InChI=1S/C16H19N5O3/c22-15(24-10-13-2-1-7-17-13)11-3-5-12(6-4-11)20-16(23)21-14-8-18-19-9-14/h3-6,8-9,13,17H,1-2,7,10H2,(H,18,19)(H2,20,21,23). The highest BCUT2D eigenvalue weighted by atomic mass is 16.5. The van der Waals surface area contributed by atoms with E-state index in [2.05, 4.69) is 26.1 Å². The molecular weight excluding hydrogens is 310 g/mol. The summed E-state index contributed by atoms with van der Waals surface area (Å²) >= 11 is 0. The molecule has 8 nitrogen and oxygen atoms in total. The molecule has 0 radical (unpaired) electrons. The molecule has 1 unspecified atom stereocenters. The number of H-pyrrole nitrogens is 1. The summed E-state index contributed by atoms with van der Waals surface area (Å²) in [6.45, 7) is 1.36. The van der Waals surface area contributed by atoms with Crippen LogP contribution in [0.4, 0.5) is 16.2 Å². The predicted molar refractivity (Wildman–Crippen MR) is 89.0 cm³/mol. The van der Waals surface area contributed by atoms with E-state index < -0.39 is 0 Å². The maximum atomic E-state index is 12.0. The molecule has 0 aliphatic carbocycles. The minimum Gasteiger partial charge on any atom is -0.460 e. The van der Waals surface area contributed by atoms with Crippen LogP contribution >= 0.6 is 0 Å². The van der Waals surface area contributed by atoms with E-state index >= 15 is 0 Å².